The molecule has 2 fully saturated rings. The highest BCUT2D eigenvalue weighted by Crippen LogP contribution is 2.32. The van der Waals surface area contributed by atoms with Gasteiger partial charge < -0.3 is 4.74 Å². The average molecular weight is 337 g/mol. The molecule has 0 spiro atoms. The Morgan fingerprint density at radius 2 is 1.74 bits per heavy atom. The number of hydrogen-bond donors (Lipinski definition) is 1. The summed E-state index contributed by atoms with van der Waals surface area (Å²) in [5, 5.41) is 0. The lowest BCUT2D eigenvalue weighted by Crippen LogP contribution is -2.40. The molecule has 0 aromatic heterocycles. The highest BCUT2D eigenvalue weighted by Gasteiger charge is 2.27. The topological polar surface area (TPSA) is 55.4 Å². The van der Waals surface area contributed by atoms with Gasteiger partial charge in [-0.05, 0) is 56.2 Å². The second-order valence-electron chi connectivity index (χ2n) is 6.87. The van der Waals surface area contributed by atoms with Crippen LogP contribution in [0.2, 0.25) is 0 Å². The van der Waals surface area contributed by atoms with Crippen molar-refractivity contribution in [3.05, 3.63) is 29.8 Å². The Kier molecular flexibility index (Phi) is 5.39. The van der Waals surface area contributed by atoms with Gasteiger partial charge in [0.2, 0.25) is 10.0 Å². The fourth-order valence-electron chi connectivity index (χ4n) is 3.74. The lowest BCUT2D eigenvalue weighted by Gasteiger charge is -2.22. The lowest BCUT2D eigenvalue weighted by atomic mass is 9.84. The molecule has 1 N–H and O–H groups in total. The minimum absolute atomic E-state index is 0.00807. The van der Waals surface area contributed by atoms with Crippen LogP contribution in [0.5, 0.6) is 0 Å². The molecule has 0 amide bonds. The monoisotopic (exact) mass is 337 g/mol. The molecule has 3 rings (SSSR count). The van der Waals surface area contributed by atoms with Crippen LogP contribution in [0.3, 0.4) is 0 Å². The van der Waals surface area contributed by atoms with Gasteiger partial charge in [0.1, 0.15) is 0 Å². The summed E-state index contributed by atoms with van der Waals surface area (Å²) in [5.41, 5.74) is 1.27. The standard InChI is InChI=1S/C18H27NO3S/c1-14(18-8-5-13-22-18)19-23(20,21)17-11-9-16(10-12-17)15-6-3-2-4-7-15/h9-12,14-15,18-19H,2-8,13H2,1H3. The maximum absolute atomic E-state index is 12.5. The van der Waals surface area contributed by atoms with E-state index in [1.54, 1.807) is 12.1 Å². The Labute approximate surface area is 139 Å². The summed E-state index contributed by atoms with van der Waals surface area (Å²) < 4.78 is 33.4. The Morgan fingerprint density at radius 3 is 2.35 bits per heavy atom. The molecule has 1 aromatic carbocycles. The van der Waals surface area contributed by atoms with Crippen molar-refractivity contribution >= 4 is 10.0 Å². The van der Waals surface area contributed by atoms with E-state index in [0.717, 1.165) is 19.4 Å². The summed E-state index contributed by atoms with van der Waals surface area (Å²) in [6, 6.07) is 7.27. The normalized spacial score (nSPS) is 24.7. The molecular weight excluding hydrogens is 310 g/mol. The highest BCUT2D eigenvalue weighted by atomic mass is 32.2. The summed E-state index contributed by atoms with van der Waals surface area (Å²) in [7, 11) is -3.47. The van der Waals surface area contributed by atoms with E-state index in [1.165, 1.54) is 37.7 Å². The fourth-order valence-corrected chi connectivity index (χ4v) is 5.01. The maximum Gasteiger partial charge on any atom is 0.240 e. The van der Waals surface area contributed by atoms with E-state index in [0.29, 0.717) is 10.8 Å². The van der Waals surface area contributed by atoms with Gasteiger partial charge in [0.15, 0.2) is 0 Å². The van der Waals surface area contributed by atoms with E-state index in [9.17, 15) is 8.42 Å². The molecule has 0 radical (unpaired) electrons. The second kappa shape index (κ2) is 7.32. The predicted molar refractivity (Wildman–Crippen MR) is 91.0 cm³/mol. The molecule has 1 aliphatic carbocycles. The van der Waals surface area contributed by atoms with Gasteiger partial charge >= 0.3 is 0 Å². The van der Waals surface area contributed by atoms with Crippen LogP contribution in [0.25, 0.3) is 0 Å². The van der Waals surface area contributed by atoms with E-state index >= 15 is 0 Å². The van der Waals surface area contributed by atoms with E-state index in [2.05, 4.69) is 4.72 Å². The van der Waals surface area contributed by atoms with Gasteiger partial charge in [0, 0.05) is 12.6 Å². The number of sulfonamides is 1. The van der Waals surface area contributed by atoms with Gasteiger partial charge in [-0.2, -0.15) is 0 Å². The quantitative estimate of drug-likeness (QED) is 0.893. The Morgan fingerprint density at radius 1 is 1.04 bits per heavy atom. The summed E-state index contributed by atoms with van der Waals surface area (Å²) >= 11 is 0. The molecule has 4 nitrogen and oxygen atoms in total. The van der Waals surface area contributed by atoms with Crippen LogP contribution in [0.15, 0.2) is 29.2 Å². The van der Waals surface area contributed by atoms with Crippen molar-refractivity contribution in [3.63, 3.8) is 0 Å². The molecule has 1 saturated carbocycles. The molecule has 128 valence electrons. The molecular formula is C18H27NO3S. The van der Waals surface area contributed by atoms with E-state index in [-0.39, 0.29) is 12.1 Å². The molecule has 2 unspecified atom stereocenters. The number of hydrogen-bond acceptors (Lipinski definition) is 3. The smallest absolute Gasteiger partial charge is 0.240 e. The van der Waals surface area contributed by atoms with Crippen molar-refractivity contribution in [3.8, 4) is 0 Å². The minimum atomic E-state index is -3.47. The van der Waals surface area contributed by atoms with Gasteiger partial charge in [0.05, 0.1) is 11.0 Å². The van der Waals surface area contributed by atoms with Crippen LogP contribution < -0.4 is 4.72 Å². The molecule has 0 bridgehead atoms. The van der Waals surface area contributed by atoms with E-state index in [1.807, 2.05) is 19.1 Å². The van der Waals surface area contributed by atoms with E-state index in [4.69, 9.17) is 4.74 Å². The predicted octanol–water partition coefficient (Wildman–Crippen LogP) is 3.58. The van der Waals surface area contributed by atoms with Crippen molar-refractivity contribution < 1.29 is 13.2 Å². The first kappa shape index (κ1) is 16.9. The minimum Gasteiger partial charge on any atom is -0.377 e. The number of nitrogens with one attached hydrogen (secondary N) is 1. The average Bonchev–Trinajstić information content (AvgIpc) is 3.10. The van der Waals surface area contributed by atoms with Crippen molar-refractivity contribution in [1.82, 2.24) is 4.72 Å². The van der Waals surface area contributed by atoms with Crippen molar-refractivity contribution in [1.29, 1.82) is 0 Å². The molecule has 1 heterocycles. The lowest BCUT2D eigenvalue weighted by molar-refractivity contribution is 0.0902. The third-order valence-corrected chi connectivity index (χ3v) is 6.71. The molecule has 5 heteroatoms. The van der Waals surface area contributed by atoms with Gasteiger partial charge in [0.25, 0.3) is 0 Å². The van der Waals surface area contributed by atoms with Crippen LogP contribution in [-0.4, -0.2) is 27.2 Å². The van der Waals surface area contributed by atoms with Gasteiger partial charge in [-0.1, -0.05) is 31.4 Å². The van der Waals surface area contributed by atoms with Gasteiger partial charge in [-0.3, -0.25) is 0 Å². The van der Waals surface area contributed by atoms with Crippen molar-refractivity contribution in [2.75, 3.05) is 6.61 Å². The molecule has 1 saturated heterocycles. The largest absolute Gasteiger partial charge is 0.377 e. The number of ether oxygens (including phenoxy) is 1. The van der Waals surface area contributed by atoms with Crippen LogP contribution >= 0.6 is 0 Å². The first-order valence-electron chi connectivity index (χ1n) is 8.80. The van der Waals surface area contributed by atoms with Crippen LogP contribution in [-0.2, 0) is 14.8 Å². The zero-order chi connectivity index (χ0) is 16.3. The molecule has 2 aliphatic rings. The summed E-state index contributed by atoms with van der Waals surface area (Å²) in [4.78, 5) is 0.349. The molecule has 1 aromatic rings. The molecule has 2 atom stereocenters. The SMILES string of the molecule is CC(NS(=O)(=O)c1ccc(C2CCCCC2)cc1)C1CCCO1. The summed E-state index contributed by atoms with van der Waals surface area (Å²) in [6.45, 7) is 2.61. The summed E-state index contributed by atoms with van der Waals surface area (Å²) in [5.74, 6) is 0.597. The fraction of sp³-hybridized carbons (Fsp3) is 0.667. The van der Waals surface area contributed by atoms with Crippen molar-refractivity contribution in [2.45, 2.75) is 74.8 Å². The maximum atomic E-state index is 12.5. The molecule has 1 aliphatic heterocycles. The second-order valence-corrected chi connectivity index (χ2v) is 8.58. The zero-order valence-electron chi connectivity index (χ0n) is 13.8. The Bertz CT molecular complexity index is 600. The number of benzene rings is 1. The highest BCUT2D eigenvalue weighted by molar-refractivity contribution is 7.89. The third-order valence-electron chi connectivity index (χ3n) is 5.13. The molecule has 23 heavy (non-hydrogen) atoms. The van der Waals surface area contributed by atoms with Gasteiger partial charge in [-0.15, -0.1) is 0 Å². The first-order chi connectivity index (χ1) is 11.1. The Hall–Kier alpha value is -0.910. The third kappa shape index (κ3) is 4.14. The zero-order valence-corrected chi connectivity index (χ0v) is 14.6. The van der Waals surface area contributed by atoms with Crippen LogP contribution in [0.1, 0.15) is 63.4 Å². The van der Waals surface area contributed by atoms with Crippen LogP contribution in [0.4, 0.5) is 0 Å². The summed E-state index contributed by atoms with van der Waals surface area (Å²) in [6.07, 6.45) is 8.26. The van der Waals surface area contributed by atoms with Crippen molar-refractivity contribution in [2.24, 2.45) is 0 Å². The Balaban J connectivity index is 1.67. The van der Waals surface area contributed by atoms with Crippen LogP contribution in [0, 0.1) is 0 Å². The first-order valence-corrected chi connectivity index (χ1v) is 10.3. The van der Waals surface area contributed by atoms with E-state index < -0.39 is 10.0 Å². The number of rotatable bonds is 5. The van der Waals surface area contributed by atoms with Gasteiger partial charge in [-0.25, -0.2) is 13.1 Å².